The molecule has 0 unspecified atom stereocenters. The number of carbonyl (C=O) groups is 1. The highest BCUT2D eigenvalue weighted by Crippen LogP contribution is 2.36. The summed E-state index contributed by atoms with van der Waals surface area (Å²) in [6.45, 7) is 0. The second-order valence-corrected chi connectivity index (χ2v) is 6.68. The monoisotopic (exact) mass is 305 g/mol. The zero-order valence-corrected chi connectivity index (χ0v) is 12.1. The number of aromatic amines is 1. The van der Waals surface area contributed by atoms with Crippen LogP contribution in [0.2, 0.25) is 0 Å². The smallest absolute Gasteiger partial charge is 0.298 e. The summed E-state index contributed by atoms with van der Waals surface area (Å²) in [5.74, 6) is -0.0828. The van der Waals surface area contributed by atoms with Crippen LogP contribution in [0.3, 0.4) is 0 Å². The number of nitrogens with zero attached hydrogens (tertiary/aromatic N) is 1. The van der Waals surface area contributed by atoms with Gasteiger partial charge in [0.1, 0.15) is 0 Å². The van der Waals surface area contributed by atoms with Crippen molar-refractivity contribution in [2.24, 2.45) is 0 Å². The molecule has 1 aromatic heterocycles. The van der Waals surface area contributed by atoms with Gasteiger partial charge in [0.25, 0.3) is 15.9 Å². The van der Waals surface area contributed by atoms with Crippen molar-refractivity contribution in [3.63, 3.8) is 0 Å². The van der Waals surface area contributed by atoms with Gasteiger partial charge in [0.15, 0.2) is 0 Å². The third-order valence-electron chi connectivity index (χ3n) is 3.70. The van der Waals surface area contributed by atoms with Gasteiger partial charge in [-0.15, -0.1) is 0 Å². The van der Waals surface area contributed by atoms with Gasteiger partial charge in [0.05, 0.1) is 0 Å². The van der Waals surface area contributed by atoms with Crippen LogP contribution < -0.4 is 4.72 Å². The molecular formula is C14H15N3O3S. The Morgan fingerprint density at radius 1 is 1.24 bits per heavy atom. The summed E-state index contributed by atoms with van der Waals surface area (Å²) in [6, 6.07) is 7.08. The van der Waals surface area contributed by atoms with Crippen LogP contribution in [-0.4, -0.2) is 24.3 Å². The first-order valence-electron chi connectivity index (χ1n) is 6.73. The van der Waals surface area contributed by atoms with Gasteiger partial charge < -0.3 is 4.98 Å². The van der Waals surface area contributed by atoms with Crippen LogP contribution in [0.15, 0.2) is 41.8 Å². The Labute approximate surface area is 122 Å². The van der Waals surface area contributed by atoms with Gasteiger partial charge in [-0.05, 0) is 36.5 Å². The molecule has 21 heavy (non-hydrogen) atoms. The Hall–Kier alpha value is -2.15. The van der Waals surface area contributed by atoms with Crippen molar-refractivity contribution in [3.8, 4) is 0 Å². The van der Waals surface area contributed by atoms with Crippen molar-refractivity contribution in [2.45, 2.75) is 30.3 Å². The highest BCUT2D eigenvalue weighted by molar-refractivity contribution is 7.89. The van der Waals surface area contributed by atoms with Gasteiger partial charge >= 0.3 is 0 Å². The van der Waals surface area contributed by atoms with Crippen LogP contribution >= 0.6 is 0 Å². The molecule has 1 aliphatic rings. The Balaban J connectivity index is 1.73. The molecule has 110 valence electrons. The number of H-pyrrole nitrogens is 1. The summed E-state index contributed by atoms with van der Waals surface area (Å²) >= 11 is 0. The average molecular weight is 305 g/mol. The molecule has 3 rings (SSSR count). The van der Waals surface area contributed by atoms with Gasteiger partial charge in [-0.1, -0.05) is 18.6 Å². The summed E-state index contributed by atoms with van der Waals surface area (Å²) in [6.07, 6.45) is 6.30. The molecule has 6 nitrogen and oxygen atoms in total. The number of aromatic nitrogens is 2. The van der Waals surface area contributed by atoms with E-state index in [1.165, 1.54) is 37.2 Å². The number of amides is 1. The molecule has 0 radical (unpaired) electrons. The minimum Gasteiger partial charge on any atom is -0.334 e. The van der Waals surface area contributed by atoms with Gasteiger partial charge in [-0.2, -0.15) is 8.42 Å². The average Bonchev–Trinajstić information content (AvgIpc) is 2.91. The van der Waals surface area contributed by atoms with Crippen molar-refractivity contribution in [1.82, 2.24) is 14.7 Å². The largest absolute Gasteiger partial charge is 0.334 e. The fraction of sp³-hybridized carbons (Fsp3) is 0.286. The van der Waals surface area contributed by atoms with Crippen LogP contribution in [0.4, 0.5) is 0 Å². The topological polar surface area (TPSA) is 91.9 Å². The van der Waals surface area contributed by atoms with E-state index in [2.05, 4.69) is 9.97 Å². The van der Waals surface area contributed by atoms with Crippen LogP contribution in [-0.2, 0) is 10.0 Å². The van der Waals surface area contributed by atoms with E-state index >= 15 is 0 Å². The molecule has 0 aliphatic heterocycles. The molecule has 1 saturated carbocycles. The number of nitrogens with one attached hydrogen (secondary N) is 2. The molecule has 0 atom stereocenters. The lowest BCUT2D eigenvalue weighted by Crippen LogP contribution is -2.31. The molecule has 2 aromatic rings. The Morgan fingerprint density at radius 3 is 2.48 bits per heavy atom. The second-order valence-electron chi connectivity index (χ2n) is 5.08. The van der Waals surface area contributed by atoms with E-state index in [1.807, 2.05) is 16.9 Å². The predicted octanol–water partition coefficient (Wildman–Crippen LogP) is 1.80. The maximum Gasteiger partial charge on any atom is 0.298 e. The van der Waals surface area contributed by atoms with Crippen LogP contribution in [0.25, 0.3) is 0 Å². The molecule has 1 aromatic carbocycles. The summed E-state index contributed by atoms with van der Waals surface area (Å²) in [4.78, 5) is 18.1. The lowest BCUT2D eigenvalue weighted by atomic mass is 9.80. The van der Waals surface area contributed by atoms with E-state index in [4.69, 9.17) is 0 Å². The molecule has 1 heterocycles. The van der Waals surface area contributed by atoms with Gasteiger partial charge in [-0.3, -0.25) is 4.79 Å². The van der Waals surface area contributed by atoms with E-state index < -0.39 is 15.9 Å². The maximum atomic E-state index is 12.0. The normalized spacial score (nSPS) is 15.4. The molecular weight excluding hydrogens is 290 g/mol. The van der Waals surface area contributed by atoms with Crippen LogP contribution in [0.5, 0.6) is 0 Å². The van der Waals surface area contributed by atoms with Crippen molar-refractivity contribution in [2.75, 3.05) is 0 Å². The van der Waals surface area contributed by atoms with Crippen LogP contribution in [0.1, 0.15) is 41.1 Å². The first-order valence-corrected chi connectivity index (χ1v) is 8.21. The zero-order chi connectivity index (χ0) is 14.9. The quantitative estimate of drug-likeness (QED) is 0.901. The lowest BCUT2D eigenvalue weighted by molar-refractivity contribution is 0.0981. The maximum absolute atomic E-state index is 12.0. The van der Waals surface area contributed by atoms with Crippen molar-refractivity contribution < 1.29 is 13.2 Å². The summed E-state index contributed by atoms with van der Waals surface area (Å²) in [5, 5.41) is -0.276. The summed E-state index contributed by atoms with van der Waals surface area (Å²) in [5.41, 5.74) is 1.51. The minimum atomic E-state index is -3.95. The fourth-order valence-electron chi connectivity index (χ4n) is 2.28. The first kappa shape index (κ1) is 13.8. The SMILES string of the molecule is O=C(NS(=O)(=O)c1ncc[nH]1)c1ccc(C2CCC2)cc1. The van der Waals surface area contributed by atoms with E-state index in [1.54, 1.807) is 12.1 Å². The number of carbonyl (C=O) groups excluding carboxylic acids is 1. The molecule has 0 spiro atoms. The van der Waals surface area contributed by atoms with Gasteiger partial charge in [0.2, 0.25) is 5.16 Å². The number of hydrogen-bond donors (Lipinski definition) is 2. The Morgan fingerprint density at radius 2 is 1.95 bits per heavy atom. The van der Waals surface area contributed by atoms with Crippen molar-refractivity contribution >= 4 is 15.9 Å². The number of imidazole rings is 1. The standard InChI is InChI=1S/C14H15N3O3S/c18-13(17-21(19,20)14-15-8-9-16-14)12-6-4-11(5-7-12)10-2-1-3-10/h4-10H,1-3H2,(H,15,16)(H,17,18). The van der Waals surface area contributed by atoms with E-state index in [0.29, 0.717) is 11.5 Å². The number of rotatable bonds is 4. The van der Waals surface area contributed by atoms with Crippen molar-refractivity contribution in [3.05, 3.63) is 47.8 Å². The van der Waals surface area contributed by atoms with E-state index in [-0.39, 0.29) is 5.16 Å². The van der Waals surface area contributed by atoms with E-state index in [9.17, 15) is 13.2 Å². The number of sulfonamides is 1. The Bertz CT molecular complexity index is 732. The molecule has 0 bridgehead atoms. The molecule has 7 heteroatoms. The number of benzene rings is 1. The van der Waals surface area contributed by atoms with Gasteiger partial charge in [-0.25, -0.2) is 9.71 Å². The first-order chi connectivity index (χ1) is 10.1. The highest BCUT2D eigenvalue weighted by Gasteiger charge is 2.22. The third kappa shape index (κ3) is 2.82. The Kier molecular flexibility index (Phi) is 3.50. The molecule has 2 N–H and O–H groups in total. The lowest BCUT2D eigenvalue weighted by Gasteiger charge is -2.25. The summed E-state index contributed by atoms with van der Waals surface area (Å²) in [7, 11) is -3.95. The second kappa shape index (κ2) is 5.33. The molecule has 0 saturated heterocycles. The molecule has 1 amide bonds. The fourth-order valence-corrected chi connectivity index (χ4v) is 3.16. The van der Waals surface area contributed by atoms with E-state index in [0.717, 1.165) is 0 Å². The zero-order valence-electron chi connectivity index (χ0n) is 11.2. The predicted molar refractivity (Wildman–Crippen MR) is 76.3 cm³/mol. The third-order valence-corrected chi connectivity index (χ3v) is 4.89. The molecule has 1 fully saturated rings. The highest BCUT2D eigenvalue weighted by atomic mass is 32.2. The molecule has 1 aliphatic carbocycles. The minimum absolute atomic E-state index is 0.276. The number of hydrogen-bond acceptors (Lipinski definition) is 4. The van der Waals surface area contributed by atoms with Crippen LogP contribution in [0, 0.1) is 0 Å². The van der Waals surface area contributed by atoms with Crippen molar-refractivity contribution in [1.29, 1.82) is 0 Å². The summed E-state index contributed by atoms with van der Waals surface area (Å²) < 4.78 is 25.8. The van der Waals surface area contributed by atoms with Gasteiger partial charge in [0, 0.05) is 18.0 Å².